The van der Waals surface area contributed by atoms with Crippen LogP contribution in [-0.4, -0.2) is 17.3 Å². The fourth-order valence-corrected chi connectivity index (χ4v) is 3.38. The normalized spacial score (nSPS) is 20.5. The molecule has 1 radical (unpaired) electrons. The first-order valence-corrected chi connectivity index (χ1v) is 6.08. The van der Waals surface area contributed by atoms with E-state index in [1.165, 1.54) is 30.8 Å². The molecule has 1 aliphatic rings. The van der Waals surface area contributed by atoms with Crippen LogP contribution in [0, 0.1) is 5.92 Å². The van der Waals surface area contributed by atoms with E-state index in [1.54, 1.807) is 0 Å². The van der Waals surface area contributed by atoms with Gasteiger partial charge in [0.25, 0.3) is 5.84 Å². The predicted molar refractivity (Wildman–Crippen MR) is 53.7 cm³/mol. The fraction of sp³-hybridized carbons (Fsp3) is 1.00. The fourth-order valence-electron chi connectivity index (χ4n) is 1.11. The van der Waals surface area contributed by atoms with Crippen LogP contribution in [0.4, 0.5) is 0 Å². The molecule has 57 valence electrons. The number of hydrogen-bond donors (Lipinski definition) is 0. The van der Waals surface area contributed by atoms with Gasteiger partial charge in [0, 0.05) is 0 Å². The van der Waals surface area contributed by atoms with Gasteiger partial charge in [-0.3, -0.25) is 0 Å². The summed E-state index contributed by atoms with van der Waals surface area (Å²) in [5.41, 5.74) is 0. The van der Waals surface area contributed by atoms with E-state index in [4.69, 9.17) is 0 Å². The lowest BCUT2D eigenvalue weighted by molar-refractivity contribution is 0.566. The van der Waals surface area contributed by atoms with Crippen molar-refractivity contribution in [3.63, 3.8) is 0 Å². The van der Waals surface area contributed by atoms with Gasteiger partial charge in [-0.05, 0) is 23.8 Å². The third-order valence-corrected chi connectivity index (χ3v) is 4.18. The van der Waals surface area contributed by atoms with Gasteiger partial charge >= 0.3 is 0 Å². The van der Waals surface area contributed by atoms with Gasteiger partial charge in [0.05, 0.1) is 0 Å². The molecule has 1 heterocycles. The molecule has 1 saturated heterocycles. The van der Waals surface area contributed by atoms with Crippen LogP contribution >= 0.6 is 23.2 Å². The first-order valence-electron chi connectivity index (χ1n) is 3.98. The highest BCUT2D eigenvalue weighted by Gasteiger charge is 2.13. The Balaban J connectivity index is 2.02. The van der Waals surface area contributed by atoms with E-state index < -0.39 is 0 Å². The largest absolute Gasteiger partial charge is 0.267 e. The third-order valence-electron chi connectivity index (χ3n) is 1.77. The first-order chi connectivity index (χ1) is 4.93. The predicted octanol–water partition coefficient (Wildman–Crippen LogP) is 2.81. The second kappa shape index (κ2) is 5.42. The number of unbranched alkanes of at least 4 members (excludes halogenated alkanes) is 1. The van der Waals surface area contributed by atoms with Gasteiger partial charge in [0.1, 0.15) is 0 Å². The zero-order valence-corrected chi connectivity index (χ0v) is 8.14. The standard InChI is InChI=1S/C7H14BS2/c1-2-3-4-7-5-9-8-10-6-7/h7H,2-6H2,1H3. The van der Waals surface area contributed by atoms with Crippen LogP contribution in [0.1, 0.15) is 26.2 Å². The summed E-state index contributed by atoms with van der Waals surface area (Å²) < 4.78 is 0. The van der Waals surface area contributed by atoms with Crippen molar-refractivity contribution < 1.29 is 0 Å². The lowest BCUT2D eigenvalue weighted by Gasteiger charge is -2.19. The molecule has 3 heteroatoms. The van der Waals surface area contributed by atoms with Gasteiger partial charge in [0.15, 0.2) is 0 Å². The van der Waals surface area contributed by atoms with Crippen LogP contribution in [0.25, 0.3) is 0 Å². The van der Waals surface area contributed by atoms with Crippen molar-refractivity contribution in [3.8, 4) is 0 Å². The Labute approximate surface area is 73.0 Å². The summed E-state index contributed by atoms with van der Waals surface area (Å²) in [6, 6.07) is 0. The van der Waals surface area contributed by atoms with Crippen molar-refractivity contribution in [2.75, 3.05) is 11.5 Å². The maximum absolute atomic E-state index is 2.28. The first kappa shape index (κ1) is 8.86. The van der Waals surface area contributed by atoms with E-state index in [0.717, 1.165) is 5.92 Å². The number of rotatable bonds is 3. The van der Waals surface area contributed by atoms with Crippen molar-refractivity contribution in [1.82, 2.24) is 0 Å². The average Bonchev–Trinajstić information content (AvgIpc) is 2.03. The zero-order valence-electron chi connectivity index (χ0n) is 6.51. The molecule has 0 bridgehead atoms. The summed E-state index contributed by atoms with van der Waals surface area (Å²) in [6.07, 6.45) is 4.23. The minimum atomic E-state index is 1.000. The highest BCUT2D eigenvalue weighted by Crippen LogP contribution is 2.26. The molecule has 0 atom stereocenters. The summed E-state index contributed by atoms with van der Waals surface area (Å²) in [7, 11) is 0. The quantitative estimate of drug-likeness (QED) is 0.602. The van der Waals surface area contributed by atoms with Crippen LogP contribution in [0.3, 0.4) is 0 Å². The smallest absolute Gasteiger partial charge is 0.202 e. The topological polar surface area (TPSA) is 0 Å². The summed E-state index contributed by atoms with van der Waals surface area (Å²) in [5, 5.41) is 0. The minimum absolute atomic E-state index is 1.000. The highest BCUT2D eigenvalue weighted by molar-refractivity contribution is 8.50. The molecule has 0 amide bonds. The molecule has 0 unspecified atom stereocenters. The molecule has 0 saturated carbocycles. The maximum Gasteiger partial charge on any atom is 0.267 e. The van der Waals surface area contributed by atoms with Crippen LogP contribution in [0.15, 0.2) is 0 Å². The Morgan fingerprint density at radius 1 is 1.40 bits per heavy atom. The van der Waals surface area contributed by atoms with Crippen molar-refractivity contribution in [1.29, 1.82) is 0 Å². The van der Waals surface area contributed by atoms with Gasteiger partial charge in [0.2, 0.25) is 0 Å². The van der Waals surface area contributed by atoms with Gasteiger partial charge in [-0.25, -0.2) is 23.2 Å². The molecule has 0 aromatic rings. The maximum atomic E-state index is 2.28. The highest BCUT2D eigenvalue weighted by atomic mass is 32.2. The van der Waals surface area contributed by atoms with Gasteiger partial charge in [-0.2, -0.15) is 0 Å². The molecule has 0 spiro atoms. The molecule has 10 heavy (non-hydrogen) atoms. The molecular weight excluding hydrogens is 159 g/mol. The second-order valence-corrected chi connectivity index (χ2v) is 4.87. The van der Waals surface area contributed by atoms with Crippen LogP contribution < -0.4 is 0 Å². The molecule has 0 aromatic heterocycles. The molecular formula is C7H14BS2. The van der Waals surface area contributed by atoms with Gasteiger partial charge < -0.3 is 0 Å². The summed E-state index contributed by atoms with van der Waals surface area (Å²) in [5.74, 6) is 6.02. The Morgan fingerprint density at radius 3 is 2.70 bits per heavy atom. The Morgan fingerprint density at radius 2 is 2.10 bits per heavy atom. The van der Waals surface area contributed by atoms with Gasteiger partial charge in [-0.15, -0.1) is 0 Å². The van der Waals surface area contributed by atoms with Crippen molar-refractivity contribution in [2.45, 2.75) is 26.2 Å². The molecule has 0 nitrogen and oxygen atoms in total. The molecule has 0 N–H and O–H groups in total. The summed E-state index contributed by atoms with van der Waals surface area (Å²) >= 11 is 3.98. The monoisotopic (exact) mass is 173 g/mol. The minimum Gasteiger partial charge on any atom is -0.202 e. The molecule has 1 aliphatic heterocycles. The van der Waals surface area contributed by atoms with Crippen LogP contribution in [0.2, 0.25) is 0 Å². The van der Waals surface area contributed by atoms with Crippen LogP contribution in [-0.2, 0) is 0 Å². The van der Waals surface area contributed by atoms with Crippen LogP contribution in [0.5, 0.6) is 0 Å². The Hall–Kier alpha value is 0.765. The Bertz CT molecular complexity index is 81.7. The van der Waals surface area contributed by atoms with Gasteiger partial charge in [-0.1, -0.05) is 19.8 Å². The zero-order chi connectivity index (χ0) is 7.23. The van der Waals surface area contributed by atoms with E-state index in [1.807, 2.05) is 23.2 Å². The Kier molecular flexibility index (Phi) is 4.80. The van der Waals surface area contributed by atoms with Crippen molar-refractivity contribution in [2.24, 2.45) is 5.92 Å². The SMILES string of the molecule is CCCCC1CS[B]SC1. The molecule has 1 rings (SSSR count). The number of hydrogen-bond acceptors (Lipinski definition) is 2. The van der Waals surface area contributed by atoms with E-state index in [2.05, 4.69) is 12.8 Å². The summed E-state index contributed by atoms with van der Waals surface area (Å²) in [6.45, 7) is 2.27. The van der Waals surface area contributed by atoms with E-state index in [0.29, 0.717) is 0 Å². The van der Waals surface area contributed by atoms with E-state index in [9.17, 15) is 0 Å². The second-order valence-electron chi connectivity index (χ2n) is 2.77. The van der Waals surface area contributed by atoms with Crippen molar-refractivity contribution in [3.05, 3.63) is 0 Å². The third kappa shape index (κ3) is 3.24. The van der Waals surface area contributed by atoms with E-state index >= 15 is 0 Å². The van der Waals surface area contributed by atoms with Crippen molar-refractivity contribution >= 4 is 29.1 Å². The molecule has 0 aromatic carbocycles. The lowest BCUT2D eigenvalue weighted by Crippen LogP contribution is -2.12. The molecule has 1 fully saturated rings. The molecule has 0 aliphatic carbocycles. The summed E-state index contributed by atoms with van der Waals surface area (Å²) in [4.78, 5) is 0. The average molecular weight is 173 g/mol. The van der Waals surface area contributed by atoms with E-state index in [-0.39, 0.29) is 0 Å². The lowest BCUT2D eigenvalue weighted by atomic mass is 10.1.